The largest absolute Gasteiger partial charge is 0.364 e. The van der Waals surface area contributed by atoms with Gasteiger partial charge in [-0.05, 0) is 19.1 Å². The third kappa shape index (κ3) is 2.27. The SMILES string of the molecule is C[C@@H]1CN(c2ccc(C(N)=O)nn2)CCN1. The van der Waals surface area contributed by atoms with Gasteiger partial charge in [0.25, 0.3) is 5.91 Å². The highest BCUT2D eigenvalue weighted by Gasteiger charge is 2.17. The minimum absolute atomic E-state index is 0.201. The van der Waals surface area contributed by atoms with Gasteiger partial charge in [-0.2, -0.15) is 0 Å². The molecular weight excluding hydrogens is 206 g/mol. The first kappa shape index (κ1) is 10.8. The number of nitrogens with one attached hydrogen (secondary N) is 1. The van der Waals surface area contributed by atoms with E-state index in [1.807, 2.05) is 0 Å². The summed E-state index contributed by atoms with van der Waals surface area (Å²) in [5.41, 5.74) is 5.30. The Hall–Kier alpha value is -1.69. The number of nitrogens with zero attached hydrogens (tertiary/aromatic N) is 3. The van der Waals surface area contributed by atoms with Gasteiger partial charge in [-0.3, -0.25) is 4.79 Å². The quantitative estimate of drug-likeness (QED) is 0.695. The van der Waals surface area contributed by atoms with Crippen LogP contribution in [0.4, 0.5) is 5.82 Å². The predicted molar refractivity (Wildman–Crippen MR) is 60.2 cm³/mol. The maximum atomic E-state index is 10.8. The van der Waals surface area contributed by atoms with Gasteiger partial charge in [0.2, 0.25) is 0 Å². The van der Waals surface area contributed by atoms with Gasteiger partial charge in [-0.15, -0.1) is 10.2 Å². The van der Waals surface area contributed by atoms with Crippen LogP contribution in [-0.4, -0.2) is 41.8 Å². The molecular formula is C10H15N5O. The molecule has 0 bridgehead atoms. The number of anilines is 1. The minimum atomic E-state index is -0.548. The second-order valence-electron chi connectivity index (χ2n) is 3.94. The fourth-order valence-electron chi connectivity index (χ4n) is 1.77. The molecule has 1 atom stereocenters. The summed E-state index contributed by atoms with van der Waals surface area (Å²) in [5.74, 6) is 0.242. The van der Waals surface area contributed by atoms with Crippen molar-refractivity contribution in [3.05, 3.63) is 17.8 Å². The van der Waals surface area contributed by atoms with Crippen molar-refractivity contribution in [3.8, 4) is 0 Å². The molecule has 1 saturated heterocycles. The number of nitrogens with two attached hydrogens (primary N) is 1. The maximum Gasteiger partial charge on any atom is 0.269 e. The van der Waals surface area contributed by atoms with Crippen LogP contribution in [0.15, 0.2) is 12.1 Å². The van der Waals surface area contributed by atoms with Crippen molar-refractivity contribution in [2.75, 3.05) is 24.5 Å². The van der Waals surface area contributed by atoms with Crippen molar-refractivity contribution in [2.45, 2.75) is 13.0 Å². The Morgan fingerprint density at radius 2 is 2.38 bits per heavy atom. The van der Waals surface area contributed by atoms with E-state index in [2.05, 4.69) is 27.3 Å². The van der Waals surface area contributed by atoms with Crippen LogP contribution in [0.25, 0.3) is 0 Å². The molecule has 1 aromatic rings. The highest BCUT2D eigenvalue weighted by molar-refractivity contribution is 5.90. The minimum Gasteiger partial charge on any atom is -0.364 e. The molecule has 0 aliphatic carbocycles. The lowest BCUT2D eigenvalue weighted by molar-refractivity contribution is 0.0994. The van der Waals surface area contributed by atoms with Crippen LogP contribution in [-0.2, 0) is 0 Å². The summed E-state index contributed by atoms with van der Waals surface area (Å²) in [6.07, 6.45) is 0. The Labute approximate surface area is 93.8 Å². The average Bonchev–Trinajstić information content (AvgIpc) is 2.29. The molecule has 1 aromatic heterocycles. The summed E-state index contributed by atoms with van der Waals surface area (Å²) in [5, 5.41) is 11.1. The zero-order valence-electron chi connectivity index (χ0n) is 9.18. The Morgan fingerprint density at radius 3 is 2.94 bits per heavy atom. The van der Waals surface area contributed by atoms with Crippen LogP contribution in [0.2, 0.25) is 0 Å². The normalized spacial score (nSPS) is 20.8. The Bertz CT molecular complexity index is 377. The lowest BCUT2D eigenvalue weighted by Gasteiger charge is -2.32. The second-order valence-corrected chi connectivity index (χ2v) is 3.94. The van der Waals surface area contributed by atoms with Gasteiger partial charge in [0, 0.05) is 25.7 Å². The van der Waals surface area contributed by atoms with E-state index in [0.717, 1.165) is 25.5 Å². The topological polar surface area (TPSA) is 84.1 Å². The number of aromatic nitrogens is 2. The Morgan fingerprint density at radius 1 is 1.56 bits per heavy atom. The number of hydrogen-bond acceptors (Lipinski definition) is 5. The van der Waals surface area contributed by atoms with Crippen LogP contribution < -0.4 is 16.0 Å². The molecule has 1 aliphatic heterocycles. The average molecular weight is 221 g/mol. The van der Waals surface area contributed by atoms with Crippen molar-refractivity contribution < 1.29 is 4.79 Å². The van der Waals surface area contributed by atoms with Crippen molar-refractivity contribution in [1.82, 2.24) is 15.5 Å². The van der Waals surface area contributed by atoms with Gasteiger partial charge in [0.15, 0.2) is 11.5 Å². The predicted octanol–water partition coefficient (Wildman–Crippen LogP) is -0.626. The lowest BCUT2D eigenvalue weighted by Crippen LogP contribution is -2.49. The maximum absolute atomic E-state index is 10.8. The van der Waals surface area contributed by atoms with E-state index in [0.29, 0.717) is 6.04 Å². The third-order valence-electron chi connectivity index (χ3n) is 2.60. The lowest BCUT2D eigenvalue weighted by atomic mass is 10.2. The van der Waals surface area contributed by atoms with Crippen molar-refractivity contribution in [1.29, 1.82) is 0 Å². The third-order valence-corrected chi connectivity index (χ3v) is 2.60. The molecule has 0 radical (unpaired) electrons. The first-order valence-corrected chi connectivity index (χ1v) is 5.28. The van der Waals surface area contributed by atoms with Crippen molar-refractivity contribution in [2.24, 2.45) is 5.73 Å². The van der Waals surface area contributed by atoms with Crippen molar-refractivity contribution in [3.63, 3.8) is 0 Å². The molecule has 0 saturated carbocycles. The molecule has 2 heterocycles. The molecule has 6 heteroatoms. The van der Waals surface area contributed by atoms with E-state index in [1.54, 1.807) is 12.1 Å². The van der Waals surface area contributed by atoms with Crippen LogP contribution in [0.3, 0.4) is 0 Å². The summed E-state index contributed by atoms with van der Waals surface area (Å²) in [4.78, 5) is 13.0. The number of carbonyl (C=O) groups is 1. The molecule has 16 heavy (non-hydrogen) atoms. The number of carbonyl (C=O) groups excluding carboxylic acids is 1. The number of primary amides is 1. The summed E-state index contributed by atoms with van der Waals surface area (Å²) < 4.78 is 0. The monoisotopic (exact) mass is 221 g/mol. The first-order valence-electron chi connectivity index (χ1n) is 5.28. The standard InChI is InChI=1S/C10H15N5O/c1-7-6-15(5-4-12-7)9-3-2-8(10(11)16)13-14-9/h2-3,7,12H,4-6H2,1H3,(H2,11,16)/t7-/m1/s1. The summed E-state index contributed by atoms with van der Waals surface area (Å²) in [7, 11) is 0. The van der Waals surface area contributed by atoms with Gasteiger partial charge in [0.05, 0.1) is 0 Å². The molecule has 1 aliphatic rings. The zero-order valence-corrected chi connectivity index (χ0v) is 9.18. The van der Waals surface area contributed by atoms with E-state index in [-0.39, 0.29) is 5.69 Å². The Kier molecular flexibility index (Phi) is 3.00. The second kappa shape index (κ2) is 4.44. The summed E-state index contributed by atoms with van der Waals surface area (Å²) in [6, 6.07) is 3.83. The smallest absolute Gasteiger partial charge is 0.269 e. The fourth-order valence-corrected chi connectivity index (χ4v) is 1.77. The molecule has 0 unspecified atom stereocenters. The van der Waals surface area contributed by atoms with Gasteiger partial charge >= 0.3 is 0 Å². The molecule has 1 fully saturated rings. The molecule has 1 amide bonds. The molecule has 86 valence electrons. The molecule has 2 rings (SSSR count). The highest BCUT2D eigenvalue weighted by atomic mass is 16.1. The van der Waals surface area contributed by atoms with Gasteiger partial charge in [-0.1, -0.05) is 0 Å². The van der Waals surface area contributed by atoms with E-state index in [4.69, 9.17) is 5.73 Å². The summed E-state index contributed by atoms with van der Waals surface area (Å²) >= 11 is 0. The molecule has 6 nitrogen and oxygen atoms in total. The highest BCUT2D eigenvalue weighted by Crippen LogP contribution is 2.11. The zero-order chi connectivity index (χ0) is 11.5. The van der Waals surface area contributed by atoms with E-state index in [1.165, 1.54) is 0 Å². The molecule has 0 spiro atoms. The number of rotatable bonds is 2. The van der Waals surface area contributed by atoms with Gasteiger partial charge < -0.3 is 16.0 Å². The summed E-state index contributed by atoms with van der Waals surface area (Å²) in [6.45, 7) is 4.84. The van der Waals surface area contributed by atoms with E-state index < -0.39 is 5.91 Å². The van der Waals surface area contributed by atoms with Crippen LogP contribution in [0.5, 0.6) is 0 Å². The van der Waals surface area contributed by atoms with Crippen molar-refractivity contribution >= 4 is 11.7 Å². The Balaban J connectivity index is 2.11. The number of piperazine rings is 1. The molecule has 3 N–H and O–H groups in total. The van der Waals surface area contributed by atoms with Crippen LogP contribution in [0, 0.1) is 0 Å². The van der Waals surface area contributed by atoms with Crippen LogP contribution >= 0.6 is 0 Å². The van der Waals surface area contributed by atoms with E-state index in [9.17, 15) is 4.79 Å². The molecule has 0 aromatic carbocycles. The van der Waals surface area contributed by atoms with E-state index >= 15 is 0 Å². The first-order chi connectivity index (χ1) is 7.66. The van der Waals surface area contributed by atoms with Gasteiger partial charge in [-0.25, -0.2) is 0 Å². The van der Waals surface area contributed by atoms with Crippen LogP contribution in [0.1, 0.15) is 17.4 Å². The number of amides is 1. The fraction of sp³-hybridized carbons (Fsp3) is 0.500. The van der Waals surface area contributed by atoms with Gasteiger partial charge in [0.1, 0.15) is 0 Å². The number of hydrogen-bond donors (Lipinski definition) is 2.